The summed E-state index contributed by atoms with van der Waals surface area (Å²) < 4.78 is 10.4. The maximum atomic E-state index is 12.1. The Morgan fingerprint density at radius 2 is 1.41 bits per heavy atom. The van der Waals surface area contributed by atoms with Crippen molar-refractivity contribution in [3.63, 3.8) is 0 Å². The number of carbonyl (C=O) groups excluding carboxylic acids is 2. The molecule has 0 aliphatic carbocycles. The van der Waals surface area contributed by atoms with Gasteiger partial charge in [0.2, 0.25) is 0 Å². The summed E-state index contributed by atoms with van der Waals surface area (Å²) in [4.78, 5) is 24.1. The van der Waals surface area contributed by atoms with Gasteiger partial charge in [-0.3, -0.25) is 9.59 Å². The minimum absolute atomic E-state index is 0.0225. The number of ether oxygens (including phenoxy) is 2. The van der Waals surface area contributed by atoms with Gasteiger partial charge >= 0.3 is 0 Å². The largest absolute Gasteiger partial charge is 0.504 e. The van der Waals surface area contributed by atoms with E-state index in [4.69, 9.17) is 9.47 Å². The highest BCUT2D eigenvalue weighted by Gasteiger charge is 2.08. The van der Waals surface area contributed by atoms with Gasteiger partial charge in [0.15, 0.2) is 23.1 Å². The number of carbonyl (C=O) groups is 2. The second-order valence-corrected chi connectivity index (χ2v) is 6.86. The first-order valence-electron chi connectivity index (χ1n) is 9.30. The molecule has 0 saturated carbocycles. The average Bonchev–Trinajstić information content (AvgIpc) is 2.71. The Labute approximate surface area is 171 Å². The molecule has 5 nitrogen and oxygen atoms in total. The monoisotopic (exact) mass is 394 g/mol. The van der Waals surface area contributed by atoms with Gasteiger partial charge in [-0.25, -0.2) is 0 Å². The van der Waals surface area contributed by atoms with Crippen molar-refractivity contribution in [1.82, 2.24) is 0 Å². The summed E-state index contributed by atoms with van der Waals surface area (Å²) >= 11 is 0. The van der Waals surface area contributed by atoms with Crippen LogP contribution in [0.15, 0.2) is 48.6 Å². The Morgan fingerprint density at radius 3 is 1.93 bits per heavy atom. The number of hydrogen-bond donors (Lipinski definition) is 1. The number of phenolic OH excluding ortho intramolecular Hbond substituents is 1. The maximum absolute atomic E-state index is 12.1. The second-order valence-electron chi connectivity index (χ2n) is 6.86. The maximum Gasteiger partial charge on any atom is 0.163 e. The number of phenols is 1. The number of aromatic hydroxyl groups is 1. The fourth-order valence-electron chi connectivity index (χ4n) is 2.77. The molecule has 0 saturated heterocycles. The van der Waals surface area contributed by atoms with Gasteiger partial charge in [-0.1, -0.05) is 44.2 Å². The summed E-state index contributed by atoms with van der Waals surface area (Å²) in [5.74, 6) is 0.863. The fraction of sp³-hybridized carbons (Fsp3) is 0.250. The van der Waals surface area contributed by atoms with Gasteiger partial charge in [0.05, 0.1) is 20.6 Å². The van der Waals surface area contributed by atoms with Gasteiger partial charge in [0.1, 0.15) is 5.75 Å². The molecule has 0 aromatic heterocycles. The quantitative estimate of drug-likeness (QED) is 0.489. The molecule has 0 aliphatic rings. The number of hydrogen-bond acceptors (Lipinski definition) is 5. The molecule has 2 rings (SSSR count). The van der Waals surface area contributed by atoms with Gasteiger partial charge in [-0.05, 0) is 53.0 Å². The van der Waals surface area contributed by atoms with E-state index in [-0.39, 0.29) is 23.7 Å². The SMILES string of the molecule is COc1cc(C=CC(=O)CC(=O)/C=C/c2ccc(C(C)C)c(OC)c2)ccc1O. The van der Waals surface area contributed by atoms with E-state index in [1.54, 1.807) is 31.4 Å². The van der Waals surface area contributed by atoms with E-state index in [0.717, 1.165) is 16.9 Å². The third-order valence-corrected chi connectivity index (χ3v) is 4.36. The van der Waals surface area contributed by atoms with Crippen molar-refractivity contribution in [2.45, 2.75) is 26.2 Å². The van der Waals surface area contributed by atoms with Crippen LogP contribution in [0.5, 0.6) is 17.2 Å². The molecule has 0 aliphatic heterocycles. The van der Waals surface area contributed by atoms with Crippen LogP contribution in [-0.4, -0.2) is 30.9 Å². The van der Waals surface area contributed by atoms with E-state index < -0.39 is 0 Å². The first kappa shape index (κ1) is 22.0. The Bertz CT molecular complexity index is 938. The molecule has 2 aromatic carbocycles. The molecular weight excluding hydrogens is 368 g/mol. The number of methoxy groups -OCH3 is 2. The lowest BCUT2D eigenvalue weighted by Crippen LogP contribution is -2.02. The van der Waals surface area contributed by atoms with E-state index in [1.165, 1.54) is 25.3 Å². The van der Waals surface area contributed by atoms with Gasteiger partial charge in [-0.15, -0.1) is 0 Å². The van der Waals surface area contributed by atoms with Gasteiger partial charge in [0, 0.05) is 0 Å². The van der Waals surface area contributed by atoms with Crippen molar-refractivity contribution in [3.05, 3.63) is 65.2 Å². The van der Waals surface area contributed by atoms with Crippen molar-refractivity contribution < 1.29 is 24.2 Å². The van der Waals surface area contributed by atoms with Crippen molar-refractivity contribution in [2.24, 2.45) is 0 Å². The standard InChI is InChI=1S/C24H26O5/c1-16(2)21-11-7-17(13-23(21)28-3)5-9-19(25)15-20(26)10-6-18-8-12-22(27)24(14-18)29-4/h5-14,16,27H,15H2,1-4H3/b9-5+,10-6?. The van der Waals surface area contributed by atoms with Crippen LogP contribution in [0.25, 0.3) is 12.2 Å². The lowest BCUT2D eigenvalue weighted by molar-refractivity contribution is -0.121. The smallest absolute Gasteiger partial charge is 0.163 e. The third kappa shape index (κ3) is 6.35. The molecule has 0 heterocycles. The number of rotatable bonds is 9. The molecular formula is C24H26O5. The van der Waals surface area contributed by atoms with E-state index >= 15 is 0 Å². The first-order valence-corrected chi connectivity index (χ1v) is 9.30. The summed E-state index contributed by atoms with van der Waals surface area (Å²) in [5, 5.41) is 9.58. The van der Waals surface area contributed by atoms with Crippen LogP contribution in [0.4, 0.5) is 0 Å². The van der Waals surface area contributed by atoms with Crippen molar-refractivity contribution in [1.29, 1.82) is 0 Å². The van der Waals surface area contributed by atoms with Crippen molar-refractivity contribution in [3.8, 4) is 17.2 Å². The molecule has 0 unspecified atom stereocenters. The normalized spacial score (nSPS) is 11.3. The van der Waals surface area contributed by atoms with Crippen LogP contribution < -0.4 is 9.47 Å². The van der Waals surface area contributed by atoms with Crippen LogP contribution in [0, 0.1) is 0 Å². The zero-order chi connectivity index (χ0) is 21.4. The molecule has 2 aromatic rings. The molecule has 0 radical (unpaired) electrons. The zero-order valence-corrected chi connectivity index (χ0v) is 17.1. The molecule has 5 heteroatoms. The van der Waals surface area contributed by atoms with Crippen LogP contribution in [-0.2, 0) is 9.59 Å². The van der Waals surface area contributed by atoms with Gasteiger partial charge in [0.25, 0.3) is 0 Å². The highest BCUT2D eigenvalue weighted by atomic mass is 16.5. The highest BCUT2D eigenvalue weighted by molar-refractivity contribution is 6.10. The van der Waals surface area contributed by atoms with Crippen LogP contribution in [0.1, 0.15) is 42.9 Å². The Kier molecular flexibility index (Phi) is 7.78. The second kappa shape index (κ2) is 10.3. The molecule has 1 N–H and O–H groups in total. The minimum Gasteiger partial charge on any atom is -0.504 e. The molecule has 0 atom stereocenters. The number of benzene rings is 2. The predicted molar refractivity (Wildman–Crippen MR) is 114 cm³/mol. The predicted octanol–water partition coefficient (Wildman–Crippen LogP) is 4.79. The molecule has 0 amide bonds. The summed E-state index contributed by atoms with van der Waals surface area (Å²) in [7, 11) is 3.07. The molecule has 0 bridgehead atoms. The van der Waals surface area contributed by atoms with Crippen LogP contribution in [0.2, 0.25) is 0 Å². The molecule has 0 spiro atoms. The van der Waals surface area contributed by atoms with Crippen molar-refractivity contribution in [2.75, 3.05) is 14.2 Å². The topological polar surface area (TPSA) is 72.8 Å². The summed E-state index contributed by atoms with van der Waals surface area (Å²) in [5.41, 5.74) is 2.62. The van der Waals surface area contributed by atoms with Crippen LogP contribution >= 0.6 is 0 Å². The minimum atomic E-state index is -0.306. The zero-order valence-electron chi connectivity index (χ0n) is 17.1. The Balaban J connectivity index is 1.98. The fourth-order valence-corrected chi connectivity index (χ4v) is 2.77. The van der Waals surface area contributed by atoms with Crippen LogP contribution in [0.3, 0.4) is 0 Å². The molecule has 29 heavy (non-hydrogen) atoms. The average molecular weight is 394 g/mol. The van der Waals surface area contributed by atoms with E-state index in [9.17, 15) is 14.7 Å². The first-order chi connectivity index (χ1) is 13.8. The van der Waals surface area contributed by atoms with E-state index in [2.05, 4.69) is 13.8 Å². The lowest BCUT2D eigenvalue weighted by atomic mass is 10.00. The van der Waals surface area contributed by atoms with Gasteiger partial charge in [-0.2, -0.15) is 0 Å². The van der Waals surface area contributed by atoms with E-state index in [1.807, 2.05) is 18.2 Å². The molecule has 152 valence electrons. The van der Waals surface area contributed by atoms with Crippen molar-refractivity contribution >= 4 is 23.7 Å². The van der Waals surface area contributed by atoms with Gasteiger partial charge < -0.3 is 14.6 Å². The van der Waals surface area contributed by atoms with E-state index in [0.29, 0.717) is 17.2 Å². The summed E-state index contributed by atoms with van der Waals surface area (Å²) in [6, 6.07) is 10.5. The Morgan fingerprint density at radius 1 is 0.897 bits per heavy atom. The number of ketones is 2. The summed E-state index contributed by atoms with van der Waals surface area (Å²) in [6.45, 7) is 4.18. The molecule has 0 fully saturated rings. The lowest BCUT2D eigenvalue weighted by Gasteiger charge is -2.12. The summed E-state index contributed by atoms with van der Waals surface area (Å²) in [6.07, 6.45) is 5.79. The highest BCUT2D eigenvalue weighted by Crippen LogP contribution is 2.28. The third-order valence-electron chi connectivity index (χ3n) is 4.36. The number of allylic oxidation sites excluding steroid dienone is 2. The Hall–Kier alpha value is -3.34.